The number of hydrogen-bond donors (Lipinski definition) is 1. The molecular weight excluding hydrogens is 390 g/mol. The Morgan fingerprint density at radius 3 is 2.48 bits per heavy atom. The standard InChI is InChI=1S/C26H25NO4/c1-3-25(26(28)29)31-22-11-7-8-18(14-22)17-27-23-13-12-21(30-2)15-20(23)16-24(27)19-9-5-4-6-10-19/h4-16,25H,3,17H2,1-2H3,(H,28,29). The van der Waals surface area contributed by atoms with Crippen LogP contribution in [0, 0.1) is 0 Å². The highest BCUT2D eigenvalue weighted by Gasteiger charge is 2.17. The highest BCUT2D eigenvalue weighted by Crippen LogP contribution is 2.32. The lowest BCUT2D eigenvalue weighted by atomic mass is 10.1. The predicted molar refractivity (Wildman–Crippen MR) is 122 cm³/mol. The zero-order valence-electron chi connectivity index (χ0n) is 17.6. The van der Waals surface area contributed by atoms with Crippen molar-refractivity contribution in [3.05, 3.63) is 84.4 Å². The van der Waals surface area contributed by atoms with Gasteiger partial charge in [-0.25, -0.2) is 4.79 Å². The lowest BCUT2D eigenvalue weighted by Crippen LogP contribution is -2.25. The van der Waals surface area contributed by atoms with Gasteiger partial charge < -0.3 is 19.1 Å². The van der Waals surface area contributed by atoms with Gasteiger partial charge in [-0.05, 0) is 53.9 Å². The second-order valence-corrected chi connectivity index (χ2v) is 7.41. The smallest absolute Gasteiger partial charge is 0.344 e. The van der Waals surface area contributed by atoms with Crippen LogP contribution < -0.4 is 9.47 Å². The molecule has 158 valence electrons. The molecule has 0 fully saturated rings. The second-order valence-electron chi connectivity index (χ2n) is 7.41. The number of nitrogens with zero attached hydrogens (tertiary/aromatic N) is 1. The first-order chi connectivity index (χ1) is 15.1. The van der Waals surface area contributed by atoms with E-state index in [0.717, 1.165) is 33.5 Å². The average Bonchev–Trinajstić information content (AvgIpc) is 3.15. The van der Waals surface area contributed by atoms with Gasteiger partial charge in [-0.3, -0.25) is 0 Å². The van der Waals surface area contributed by atoms with Crippen molar-refractivity contribution in [2.24, 2.45) is 0 Å². The maximum atomic E-state index is 11.3. The monoisotopic (exact) mass is 415 g/mol. The first-order valence-corrected chi connectivity index (χ1v) is 10.3. The normalized spacial score (nSPS) is 11.9. The number of aliphatic carboxylic acids is 1. The van der Waals surface area contributed by atoms with Crippen molar-refractivity contribution in [3.63, 3.8) is 0 Å². The molecule has 0 saturated carbocycles. The zero-order valence-corrected chi connectivity index (χ0v) is 17.6. The van der Waals surface area contributed by atoms with E-state index in [0.29, 0.717) is 18.7 Å². The third-order valence-corrected chi connectivity index (χ3v) is 5.34. The van der Waals surface area contributed by atoms with Crippen LogP contribution in [0.25, 0.3) is 22.2 Å². The van der Waals surface area contributed by atoms with Crippen molar-refractivity contribution in [3.8, 4) is 22.8 Å². The van der Waals surface area contributed by atoms with Gasteiger partial charge in [0, 0.05) is 23.1 Å². The molecule has 0 radical (unpaired) electrons. The fraction of sp³-hybridized carbons (Fsp3) is 0.192. The van der Waals surface area contributed by atoms with Gasteiger partial charge in [0.05, 0.1) is 7.11 Å². The molecular formula is C26H25NO4. The summed E-state index contributed by atoms with van der Waals surface area (Å²) in [6.07, 6.45) is -0.447. The van der Waals surface area contributed by atoms with Crippen LogP contribution in [-0.4, -0.2) is 28.9 Å². The minimum atomic E-state index is -0.954. The Morgan fingerprint density at radius 2 is 1.77 bits per heavy atom. The van der Waals surface area contributed by atoms with E-state index >= 15 is 0 Å². The molecule has 0 aliphatic carbocycles. The molecule has 4 rings (SSSR count). The van der Waals surface area contributed by atoms with Gasteiger partial charge in [-0.2, -0.15) is 0 Å². The highest BCUT2D eigenvalue weighted by molar-refractivity contribution is 5.88. The Hall–Kier alpha value is -3.73. The van der Waals surface area contributed by atoms with Crippen LogP contribution in [0.4, 0.5) is 0 Å². The average molecular weight is 415 g/mol. The zero-order chi connectivity index (χ0) is 21.8. The van der Waals surface area contributed by atoms with Gasteiger partial charge in [-0.15, -0.1) is 0 Å². The molecule has 1 N–H and O–H groups in total. The first-order valence-electron chi connectivity index (χ1n) is 10.3. The van der Waals surface area contributed by atoms with E-state index in [4.69, 9.17) is 9.47 Å². The third kappa shape index (κ3) is 4.40. The van der Waals surface area contributed by atoms with Gasteiger partial charge in [0.25, 0.3) is 0 Å². The molecule has 0 spiro atoms. The number of fused-ring (bicyclic) bond motifs is 1. The summed E-state index contributed by atoms with van der Waals surface area (Å²) >= 11 is 0. The number of carbonyl (C=O) groups is 1. The molecule has 1 unspecified atom stereocenters. The molecule has 5 heteroatoms. The van der Waals surface area contributed by atoms with Crippen LogP contribution in [0.3, 0.4) is 0 Å². The Morgan fingerprint density at radius 1 is 0.968 bits per heavy atom. The largest absolute Gasteiger partial charge is 0.497 e. The molecule has 31 heavy (non-hydrogen) atoms. The van der Waals surface area contributed by atoms with Crippen molar-refractivity contribution >= 4 is 16.9 Å². The van der Waals surface area contributed by atoms with Crippen molar-refractivity contribution in [1.29, 1.82) is 0 Å². The van der Waals surface area contributed by atoms with Crippen LogP contribution in [0.15, 0.2) is 78.9 Å². The molecule has 0 aliphatic heterocycles. The van der Waals surface area contributed by atoms with Gasteiger partial charge in [0.15, 0.2) is 6.10 Å². The van der Waals surface area contributed by atoms with E-state index in [9.17, 15) is 9.90 Å². The van der Waals surface area contributed by atoms with Crippen LogP contribution in [0.1, 0.15) is 18.9 Å². The van der Waals surface area contributed by atoms with Gasteiger partial charge in [0.2, 0.25) is 0 Å². The third-order valence-electron chi connectivity index (χ3n) is 5.34. The number of ether oxygens (including phenoxy) is 2. The maximum absolute atomic E-state index is 11.3. The van der Waals surface area contributed by atoms with Crippen LogP contribution in [0.2, 0.25) is 0 Å². The lowest BCUT2D eigenvalue weighted by Gasteiger charge is -2.15. The Bertz CT molecular complexity index is 1200. The number of benzene rings is 3. The molecule has 3 aromatic carbocycles. The second kappa shape index (κ2) is 8.96. The number of rotatable bonds is 8. The molecule has 0 bridgehead atoms. The Labute approximate surface area is 181 Å². The van der Waals surface area contributed by atoms with Crippen molar-refractivity contribution < 1.29 is 19.4 Å². The van der Waals surface area contributed by atoms with Crippen molar-refractivity contribution in [1.82, 2.24) is 4.57 Å². The SMILES string of the molecule is CCC(Oc1cccc(Cn2c(-c3ccccc3)cc3cc(OC)ccc32)c1)C(=O)O. The number of hydrogen-bond acceptors (Lipinski definition) is 3. The fourth-order valence-corrected chi connectivity index (χ4v) is 3.77. The summed E-state index contributed by atoms with van der Waals surface area (Å²) in [6.45, 7) is 2.43. The summed E-state index contributed by atoms with van der Waals surface area (Å²) < 4.78 is 13.4. The molecule has 0 aliphatic rings. The molecule has 0 amide bonds. The van der Waals surface area contributed by atoms with Crippen LogP contribution in [0.5, 0.6) is 11.5 Å². The fourth-order valence-electron chi connectivity index (χ4n) is 3.77. The highest BCUT2D eigenvalue weighted by atomic mass is 16.5. The summed E-state index contributed by atoms with van der Waals surface area (Å²) in [6, 6.07) is 26.1. The quantitative estimate of drug-likeness (QED) is 0.406. The maximum Gasteiger partial charge on any atom is 0.344 e. The molecule has 1 heterocycles. The molecule has 5 nitrogen and oxygen atoms in total. The number of carboxylic acids is 1. The predicted octanol–water partition coefficient (Wildman–Crippen LogP) is 5.61. The Kier molecular flexibility index (Phi) is 5.94. The van der Waals surface area contributed by atoms with E-state index in [1.54, 1.807) is 20.1 Å². The summed E-state index contributed by atoms with van der Waals surface area (Å²) in [5.74, 6) is 0.426. The summed E-state index contributed by atoms with van der Waals surface area (Å²) in [5, 5.41) is 10.4. The van der Waals surface area contributed by atoms with E-state index in [2.05, 4.69) is 28.8 Å². The summed E-state index contributed by atoms with van der Waals surface area (Å²) in [7, 11) is 1.67. The van der Waals surface area contributed by atoms with E-state index in [-0.39, 0.29) is 0 Å². The number of aromatic nitrogens is 1. The van der Waals surface area contributed by atoms with E-state index in [1.807, 2.05) is 48.5 Å². The molecule has 1 atom stereocenters. The molecule has 0 saturated heterocycles. The van der Waals surface area contributed by atoms with Gasteiger partial charge in [0.1, 0.15) is 11.5 Å². The topological polar surface area (TPSA) is 60.7 Å². The number of carboxylic acid groups (broad SMARTS) is 1. The van der Waals surface area contributed by atoms with E-state index < -0.39 is 12.1 Å². The summed E-state index contributed by atoms with van der Waals surface area (Å²) in [5.41, 5.74) is 4.36. The lowest BCUT2D eigenvalue weighted by molar-refractivity contribution is -0.145. The van der Waals surface area contributed by atoms with Crippen LogP contribution >= 0.6 is 0 Å². The van der Waals surface area contributed by atoms with Gasteiger partial charge >= 0.3 is 5.97 Å². The summed E-state index contributed by atoms with van der Waals surface area (Å²) in [4.78, 5) is 11.3. The minimum absolute atomic E-state index is 0.405. The minimum Gasteiger partial charge on any atom is -0.497 e. The Balaban J connectivity index is 1.74. The van der Waals surface area contributed by atoms with Gasteiger partial charge in [-0.1, -0.05) is 49.4 Å². The van der Waals surface area contributed by atoms with Crippen molar-refractivity contribution in [2.75, 3.05) is 7.11 Å². The van der Waals surface area contributed by atoms with E-state index in [1.165, 1.54) is 0 Å². The van der Waals surface area contributed by atoms with Crippen molar-refractivity contribution in [2.45, 2.75) is 26.0 Å². The first kappa shape index (κ1) is 20.5. The van der Waals surface area contributed by atoms with Crippen LogP contribution in [-0.2, 0) is 11.3 Å². The molecule has 4 aromatic rings. The molecule has 1 aromatic heterocycles. The number of methoxy groups -OCH3 is 1.